The molecular weight excluding hydrogens is 117 g/mol. The van der Waals surface area contributed by atoms with Crippen LogP contribution in [0.1, 0.15) is 20.3 Å². The third-order valence-corrected chi connectivity index (χ3v) is 0.716. The second-order valence-electron chi connectivity index (χ2n) is 1.87. The summed E-state index contributed by atoms with van der Waals surface area (Å²) in [6.07, 6.45) is 2.17. The van der Waals surface area contributed by atoms with E-state index in [4.69, 9.17) is 0 Å². The Morgan fingerprint density at radius 3 is 2.67 bits per heavy atom. The van der Waals surface area contributed by atoms with Gasteiger partial charge in [0.1, 0.15) is 0 Å². The van der Waals surface area contributed by atoms with Crippen LogP contribution in [0, 0.1) is 0 Å². The second kappa shape index (κ2) is 4.13. The molecule has 0 aliphatic carbocycles. The monoisotopic (exact) mass is 129 g/mol. The van der Waals surface area contributed by atoms with Crippen molar-refractivity contribution in [2.75, 3.05) is 0 Å². The molecule has 0 unspecified atom stereocenters. The van der Waals surface area contributed by atoms with Gasteiger partial charge in [0, 0.05) is 5.70 Å². The maximum atomic E-state index is 12.3. The largest absolute Gasteiger partial charge is 0.337 e. The Balaban J connectivity index is 3.62. The van der Waals surface area contributed by atoms with E-state index < -0.39 is 0 Å². The molecule has 0 saturated heterocycles. The molecule has 0 heterocycles. The summed E-state index contributed by atoms with van der Waals surface area (Å²) in [6.45, 7) is 7.07. The lowest BCUT2D eigenvalue weighted by Gasteiger charge is -1.98. The first-order valence-corrected chi connectivity index (χ1v) is 2.95. The molecule has 0 aromatic carbocycles. The fourth-order valence-electron chi connectivity index (χ4n) is 0.434. The van der Waals surface area contributed by atoms with Crippen molar-refractivity contribution in [3.8, 4) is 0 Å². The summed E-state index contributed by atoms with van der Waals surface area (Å²) in [4.78, 5) is 0. The smallest absolute Gasteiger partial charge is 0.187 e. The van der Waals surface area contributed by atoms with Crippen LogP contribution in [0.4, 0.5) is 4.39 Å². The minimum absolute atomic E-state index is 0.315. The highest BCUT2D eigenvalue weighted by molar-refractivity contribution is 4.98. The van der Waals surface area contributed by atoms with Gasteiger partial charge in [-0.3, -0.25) is 0 Å². The molecule has 9 heavy (non-hydrogen) atoms. The van der Waals surface area contributed by atoms with Gasteiger partial charge in [0.15, 0.2) is 5.95 Å². The number of halogens is 1. The lowest BCUT2D eigenvalue weighted by atomic mass is 10.4. The zero-order chi connectivity index (χ0) is 7.28. The first-order valence-electron chi connectivity index (χ1n) is 2.95. The molecule has 0 atom stereocenters. The molecule has 0 aromatic heterocycles. The summed E-state index contributed by atoms with van der Waals surface area (Å²) in [6, 6.07) is 0. The van der Waals surface area contributed by atoms with E-state index in [1.807, 2.05) is 6.92 Å². The van der Waals surface area contributed by atoms with E-state index in [9.17, 15) is 4.39 Å². The first kappa shape index (κ1) is 8.21. The summed E-state index contributed by atoms with van der Waals surface area (Å²) in [5.41, 5.74) is 0.622. The van der Waals surface area contributed by atoms with Gasteiger partial charge in [-0.2, -0.15) is 4.39 Å². The topological polar surface area (TPSA) is 12.0 Å². The Hall–Kier alpha value is -0.790. The Labute approximate surface area is 55.3 Å². The van der Waals surface area contributed by atoms with Crippen molar-refractivity contribution >= 4 is 0 Å². The van der Waals surface area contributed by atoms with Crippen LogP contribution in [-0.4, -0.2) is 0 Å². The Kier molecular flexibility index (Phi) is 3.76. The second-order valence-corrected chi connectivity index (χ2v) is 1.87. The van der Waals surface area contributed by atoms with Gasteiger partial charge in [0.25, 0.3) is 0 Å². The highest BCUT2D eigenvalue weighted by atomic mass is 19.1. The molecule has 2 heteroatoms. The van der Waals surface area contributed by atoms with Crippen molar-refractivity contribution in [2.45, 2.75) is 20.3 Å². The van der Waals surface area contributed by atoms with Crippen LogP contribution in [0.3, 0.4) is 0 Å². The summed E-state index contributed by atoms with van der Waals surface area (Å²) < 4.78 is 12.3. The highest BCUT2D eigenvalue weighted by Gasteiger charge is 1.88. The van der Waals surface area contributed by atoms with Gasteiger partial charge in [0.05, 0.1) is 0 Å². The molecule has 0 fully saturated rings. The van der Waals surface area contributed by atoms with Gasteiger partial charge in [-0.15, -0.1) is 0 Å². The van der Waals surface area contributed by atoms with E-state index in [-0.39, 0.29) is 5.95 Å². The molecule has 0 bridgehead atoms. The van der Waals surface area contributed by atoms with Crippen LogP contribution in [0.2, 0.25) is 0 Å². The lowest BCUT2D eigenvalue weighted by molar-refractivity contribution is 0.571. The number of rotatable bonds is 3. The average molecular weight is 129 g/mol. The zero-order valence-corrected chi connectivity index (χ0v) is 5.87. The molecule has 0 amide bonds. The van der Waals surface area contributed by atoms with Crippen molar-refractivity contribution in [1.82, 2.24) is 5.32 Å². The van der Waals surface area contributed by atoms with Crippen LogP contribution in [0.5, 0.6) is 0 Å². The van der Waals surface area contributed by atoms with E-state index in [0.717, 1.165) is 0 Å². The first-order chi connectivity index (χ1) is 4.16. The van der Waals surface area contributed by atoms with Crippen LogP contribution >= 0.6 is 0 Å². The van der Waals surface area contributed by atoms with Crippen LogP contribution in [-0.2, 0) is 0 Å². The molecule has 1 N–H and O–H groups in total. The van der Waals surface area contributed by atoms with E-state index in [2.05, 4.69) is 11.9 Å². The summed E-state index contributed by atoms with van der Waals surface area (Å²) >= 11 is 0. The third kappa shape index (κ3) is 5.07. The van der Waals surface area contributed by atoms with Crippen molar-refractivity contribution in [2.24, 2.45) is 0 Å². The molecule has 0 saturated carbocycles. The van der Waals surface area contributed by atoms with Crippen LogP contribution in [0.15, 0.2) is 24.3 Å². The number of nitrogens with one attached hydrogen (secondary N) is 1. The molecule has 1 nitrogen and oxygen atoms in total. The SMILES string of the molecule is C=C(C)N/C(F)=C\CC. The van der Waals surface area contributed by atoms with Crippen molar-refractivity contribution in [3.63, 3.8) is 0 Å². The molecule has 0 aromatic rings. The van der Waals surface area contributed by atoms with Crippen molar-refractivity contribution in [1.29, 1.82) is 0 Å². The normalized spacial score (nSPS) is 11.2. The van der Waals surface area contributed by atoms with Gasteiger partial charge in [-0.25, -0.2) is 0 Å². The quantitative estimate of drug-likeness (QED) is 0.577. The van der Waals surface area contributed by atoms with Crippen molar-refractivity contribution < 1.29 is 4.39 Å². The predicted molar refractivity (Wildman–Crippen MR) is 37.4 cm³/mol. The number of allylic oxidation sites excluding steroid dienone is 2. The van der Waals surface area contributed by atoms with E-state index in [1.165, 1.54) is 6.08 Å². The van der Waals surface area contributed by atoms with Gasteiger partial charge in [0.2, 0.25) is 0 Å². The molecule has 0 aliphatic heterocycles. The standard InChI is InChI=1S/C7H12FN/c1-4-5-7(8)9-6(2)3/h5,9H,2,4H2,1,3H3/b7-5-. The molecule has 0 radical (unpaired) electrons. The fourth-order valence-corrected chi connectivity index (χ4v) is 0.434. The van der Waals surface area contributed by atoms with Gasteiger partial charge in [-0.05, 0) is 19.4 Å². The van der Waals surface area contributed by atoms with Gasteiger partial charge in [-0.1, -0.05) is 13.5 Å². The minimum atomic E-state index is -0.315. The third-order valence-electron chi connectivity index (χ3n) is 0.716. The Bertz CT molecular complexity index is 127. The Morgan fingerprint density at radius 2 is 2.33 bits per heavy atom. The van der Waals surface area contributed by atoms with Crippen LogP contribution < -0.4 is 5.32 Å². The molecule has 0 spiro atoms. The van der Waals surface area contributed by atoms with Gasteiger partial charge >= 0.3 is 0 Å². The van der Waals surface area contributed by atoms with Crippen molar-refractivity contribution in [3.05, 3.63) is 24.3 Å². The maximum absolute atomic E-state index is 12.3. The fraction of sp³-hybridized carbons (Fsp3) is 0.429. The zero-order valence-electron chi connectivity index (χ0n) is 5.87. The van der Waals surface area contributed by atoms with Crippen LogP contribution in [0.25, 0.3) is 0 Å². The molecule has 0 rings (SSSR count). The maximum Gasteiger partial charge on any atom is 0.187 e. The van der Waals surface area contributed by atoms with E-state index in [1.54, 1.807) is 6.92 Å². The number of hydrogen-bond donors (Lipinski definition) is 1. The van der Waals surface area contributed by atoms with Gasteiger partial charge < -0.3 is 5.32 Å². The highest BCUT2D eigenvalue weighted by Crippen LogP contribution is 1.95. The number of hydrogen-bond acceptors (Lipinski definition) is 1. The lowest BCUT2D eigenvalue weighted by Crippen LogP contribution is -2.04. The van der Waals surface area contributed by atoms with E-state index in [0.29, 0.717) is 12.1 Å². The summed E-state index contributed by atoms with van der Waals surface area (Å²) in [7, 11) is 0. The predicted octanol–water partition coefficient (Wildman–Crippen LogP) is 2.33. The van der Waals surface area contributed by atoms with E-state index >= 15 is 0 Å². The molecule has 52 valence electrons. The molecular formula is C7H12FN. The Morgan fingerprint density at radius 1 is 1.78 bits per heavy atom. The summed E-state index contributed by atoms with van der Waals surface area (Å²) in [5.74, 6) is -0.315. The molecule has 0 aliphatic rings. The minimum Gasteiger partial charge on any atom is -0.337 e. The average Bonchev–Trinajstić information content (AvgIpc) is 1.63. The summed E-state index contributed by atoms with van der Waals surface area (Å²) in [5, 5.41) is 2.44.